The molecule has 1 amide bonds. The molecule has 8 nitrogen and oxygen atoms in total. The average Bonchev–Trinajstić information content (AvgIpc) is 3.48. The van der Waals surface area contributed by atoms with Gasteiger partial charge in [0.1, 0.15) is 10.6 Å². The average molecular weight is 520 g/mol. The number of nitrogens with zero attached hydrogens (tertiary/aromatic N) is 3. The van der Waals surface area contributed by atoms with Crippen molar-refractivity contribution in [3.8, 4) is 11.5 Å². The summed E-state index contributed by atoms with van der Waals surface area (Å²) in [6.45, 7) is 8.92. The first-order chi connectivity index (χ1) is 18.0. The Kier molecular flexibility index (Phi) is 6.97. The van der Waals surface area contributed by atoms with Crippen LogP contribution in [0.25, 0.3) is 11.0 Å². The zero-order valence-electron chi connectivity index (χ0n) is 21.4. The van der Waals surface area contributed by atoms with E-state index in [-0.39, 0.29) is 11.2 Å². The molecule has 0 saturated heterocycles. The van der Waals surface area contributed by atoms with Gasteiger partial charge in [-0.3, -0.25) is 14.5 Å². The molecule has 1 aliphatic rings. The standard InChI is InChI=1S/C28H29N3O5S/c1-5-8-13-35-20-12-10-17(15-21(20)34-7-3)24-23-25(32)18-14-16(4)9-11-19(18)36-26(23)27(33)31(24)28-30-29-22(6-2)37-28/h9-12,14-15,24H,5-8,13H2,1-4H3. The predicted molar refractivity (Wildman–Crippen MR) is 143 cm³/mol. The van der Waals surface area contributed by atoms with Crippen molar-refractivity contribution in [1.82, 2.24) is 10.2 Å². The maximum absolute atomic E-state index is 13.9. The molecule has 0 radical (unpaired) electrons. The molecule has 2 aromatic carbocycles. The number of aromatic nitrogens is 2. The number of carbonyl (C=O) groups excluding carboxylic acids is 1. The molecule has 1 unspecified atom stereocenters. The number of aryl methyl sites for hydroxylation is 2. The highest BCUT2D eigenvalue weighted by atomic mass is 32.1. The molecule has 1 atom stereocenters. The molecule has 3 heterocycles. The fourth-order valence-corrected chi connectivity index (χ4v) is 5.30. The molecule has 0 aliphatic carbocycles. The Morgan fingerprint density at radius 2 is 1.86 bits per heavy atom. The second-order valence-corrected chi connectivity index (χ2v) is 9.96. The number of amides is 1. The molecule has 1 aliphatic heterocycles. The second-order valence-electron chi connectivity index (χ2n) is 8.92. The van der Waals surface area contributed by atoms with Gasteiger partial charge >= 0.3 is 0 Å². The Bertz CT molecular complexity index is 1530. The topological polar surface area (TPSA) is 94.8 Å². The minimum Gasteiger partial charge on any atom is -0.490 e. The number of fused-ring (bicyclic) bond motifs is 2. The molecule has 37 heavy (non-hydrogen) atoms. The van der Waals surface area contributed by atoms with Gasteiger partial charge in [-0.2, -0.15) is 0 Å². The maximum atomic E-state index is 13.9. The van der Waals surface area contributed by atoms with Gasteiger partial charge in [0, 0.05) is 0 Å². The van der Waals surface area contributed by atoms with Gasteiger partial charge in [0.25, 0.3) is 5.91 Å². The van der Waals surface area contributed by atoms with Crippen LogP contribution in [0, 0.1) is 6.92 Å². The van der Waals surface area contributed by atoms with Gasteiger partial charge < -0.3 is 13.9 Å². The quantitative estimate of drug-likeness (QED) is 0.256. The van der Waals surface area contributed by atoms with Crippen LogP contribution in [0.1, 0.15) is 71.9 Å². The van der Waals surface area contributed by atoms with E-state index in [2.05, 4.69) is 17.1 Å². The lowest BCUT2D eigenvalue weighted by atomic mass is 9.98. The van der Waals surface area contributed by atoms with E-state index >= 15 is 0 Å². The summed E-state index contributed by atoms with van der Waals surface area (Å²) >= 11 is 1.33. The van der Waals surface area contributed by atoms with Gasteiger partial charge in [0.05, 0.1) is 30.2 Å². The highest BCUT2D eigenvalue weighted by molar-refractivity contribution is 7.15. The SMILES string of the molecule is CCCCOc1ccc(C2c3c(oc4ccc(C)cc4c3=O)C(=O)N2c2nnc(CC)s2)cc1OCC. The predicted octanol–water partition coefficient (Wildman–Crippen LogP) is 5.84. The van der Waals surface area contributed by atoms with Gasteiger partial charge in [-0.1, -0.05) is 49.3 Å². The van der Waals surface area contributed by atoms with Crippen molar-refractivity contribution in [2.24, 2.45) is 0 Å². The molecule has 4 aromatic rings. The smallest absolute Gasteiger partial charge is 0.297 e. The third-order valence-electron chi connectivity index (χ3n) is 6.33. The van der Waals surface area contributed by atoms with E-state index in [9.17, 15) is 9.59 Å². The van der Waals surface area contributed by atoms with Crippen molar-refractivity contribution in [2.75, 3.05) is 18.1 Å². The van der Waals surface area contributed by atoms with Crippen LogP contribution in [0.4, 0.5) is 5.13 Å². The van der Waals surface area contributed by atoms with Gasteiger partial charge in [-0.25, -0.2) is 0 Å². The van der Waals surface area contributed by atoms with Crippen molar-refractivity contribution in [2.45, 2.75) is 53.0 Å². The minimum absolute atomic E-state index is 0.0285. The lowest BCUT2D eigenvalue weighted by Crippen LogP contribution is -2.29. The van der Waals surface area contributed by atoms with Gasteiger partial charge in [0.2, 0.25) is 10.9 Å². The minimum atomic E-state index is -0.745. The number of carbonyl (C=O) groups is 1. The highest BCUT2D eigenvalue weighted by Gasteiger charge is 2.45. The second kappa shape index (κ2) is 10.3. The molecule has 9 heteroatoms. The summed E-state index contributed by atoms with van der Waals surface area (Å²) in [5, 5.41) is 10.2. The lowest BCUT2D eigenvalue weighted by Gasteiger charge is -2.23. The van der Waals surface area contributed by atoms with Crippen LogP contribution < -0.4 is 19.8 Å². The normalized spacial score (nSPS) is 14.9. The number of benzene rings is 2. The number of ether oxygens (including phenoxy) is 2. The molecular weight excluding hydrogens is 490 g/mol. The summed E-state index contributed by atoms with van der Waals surface area (Å²) in [6.07, 6.45) is 2.63. The molecule has 0 spiro atoms. The molecule has 2 aromatic heterocycles. The maximum Gasteiger partial charge on any atom is 0.297 e. The number of anilines is 1. The van der Waals surface area contributed by atoms with Crippen LogP contribution in [0.5, 0.6) is 11.5 Å². The van der Waals surface area contributed by atoms with Crippen molar-refractivity contribution in [1.29, 1.82) is 0 Å². The number of hydrogen-bond acceptors (Lipinski definition) is 8. The summed E-state index contributed by atoms with van der Waals surface area (Å²) < 4.78 is 17.9. The zero-order valence-corrected chi connectivity index (χ0v) is 22.2. The Labute approximate surface area is 218 Å². The summed E-state index contributed by atoms with van der Waals surface area (Å²) in [5.41, 5.74) is 2.07. The van der Waals surface area contributed by atoms with Gasteiger partial charge in [-0.05, 0) is 56.5 Å². The van der Waals surface area contributed by atoms with E-state index in [0.717, 1.165) is 23.4 Å². The van der Waals surface area contributed by atoms with E-state index in [1.807, 2.05) is 45.0 Å². The van der Waals surface area contributed by atoms with E-state index < -0.39 is 11.9 Å². The Morgan fingerprint density at radius 3 is 2.59 bits per heavy atom. The van der Waals surface area contributed by atoms with Crippen molar-refractivity contribution in [3.05, 3.63) is 74.1 Å². The first kappa shape index (κ1) is 25.0. The Balaban J connectivity index is 1.71. The van der Waals surface area contributed by atoms with Gasteiger partial charge in [-0.15, -0.1) is 10.2 Å². The molecule has 0 fully saturated rings. The first-order valence-electron chi connectivity index (χ1n) is 12.6. The van der Waals surface area contributed by atoms with Crippen LogP contribution in [-0.2, 0) is 6.42 Å². The number of unbranched alkanes of at least 4 members (excludes halogenated alkanes) is 1. The summed E-state index contributed by atoms with van der Waals surface area (Å²) in [6, 6.07) is 10.2. The van der Waals surface area contributed by atoms with Gasteiger partial charge in [0.15, 0.2) is 16.9 Å². The zero-order chi connectivity index (χ0) is 26.1. The van der Waals surface area contributed by atoms with E-state index in [0.29, 0.717) is 58.4 Å². The highest BCUT2D eigenvalue weighted by Crippen LogP contribution is 2.44. The number of rotatable bonds is 9. The van der Waals surface area contributed by atoms with Crippen molar-refractivity contribution < 1.29 is 18.7 Å². The summed E-state index contributed by atoms with van der Waals surface area (Å²) in [5.74, 6) is 0.797. The monoisotopic (exact) mass is 519 g/mol. The van der Waals surface area contributed by atoms with Crippen molar-refractivity contribution in [3.63, 3.8) is 0 Å². The van der Waals surface area contributed by atoms with E-state index in [1.54, 1.807) is 12.1 Å². The summed E-state index contributed by atoms with van der Waals surface area (Å²) in [7, 11) is 0. The summed E-state index contributed by atoms with van der Waals surface area (Å²) in [4.78, 5) is 29.1. The molecule has 5 rings (SSSR count). The van der Waals surface area contributed by atoms with Crippen LogP contribution in [0.15, 0.2) is 45.6 Å². The molecule has 0 N–H and O–H groups in total. The van der Waals surface area contributed by atoms with Crippen LogP contribution in [-0.4, -0.2) is 29.3 Å². The van der Waals surface area contributed by atoms with E-state index in [1.165, 1.54) is 16.2 Å². The molecule has 0 saturated carbocycles. The van der Waals surface area contributed by atoms with E-state index in [4.69, 9.17) is 13.9 Å². The Morgan fingerprint density at radius 1 is 1.03 bits per heavy atom. The van der Waals surface area contributed by atoms with Crippen LogP contribution in [0.2, 0.25) is 0 Å². The van der Waals surface area contributed by atoms with Crippen LogP contribution >= 0.6 is 11.3 Å². The third kappa shape index (κ3) is 4.48. The third-order valence-corrected chi connectivity index (χ3v) is 7.40. The van der Waals surface area contributed by atoms with Crippen molar-refractivity contribution >= 4 is 33.3 Å². The fraction of sp³-hybridized carbons (Fsp3) is 0.357. The number of hydrogen-bond donors (Lipinski definition) is 0. The lowest BCUT2D eigenvalue weighted by molar-refractivity contribution is 0.0970. The van der Waals surface area contributed by atoms with Crippen LogP contribution in [0.3, 0.4) is 0 Å². The Hall–Kier alpha value is -3.72. The molecule has 192 valence electrons. The molecule has 0 bridgehead atoms. The first-order valence-corrected chi connectivity index (χ1v) is 13.4. The fourth-order valence-electron chi connectivity index (χ4n) is 4.49. The molecular formula is C28H29N3O5S. The largest absolute Gasteiger partial charge is 0.490 e.